The number of benzene rings is 1. The minimum absolute atomic E-state index is 0.0529. The summed E-state index contributed by atoms with van der Waals surface area (Å²) in [6.07, 6.45) is 2.39. The number of nitrogens with zero attached hydrogens (tertiary/aromatic N) is 2. The molecular weight excluding hydrogens is 374 g/mol. The highest BCUT2D eigenvalue weighted by Gasteiger charge is 2.45. The van der Waals surface area contributed by atoms with Crippen LogP contribution in [0.5, 0.6) is 0 Å². The first-order chi connectivity index (χ1) is 13.8. The van der Waals surface area contributed by atoms with Crippen molar-refractivity contribution >= 4 is 25.4 Å². The maximum absolute atomic E-state index is 14.0. The van der Waals surface area contributed by atoms with E-state index in [9.17, 15) is 19.1 Å². The molecule has 2 atom stereocenters. The van der Waals surface area contributed by atoms with Gasteiger partial charge in [0, 0.05) is 43.7 Å². The average Bonchev–Trinajstić information content (AvgIpc) is 3.51. The lowest BCUT2D eigenvalue weighted by Gasteiger charge is -2.47. The summed E-state index contributed by atoms with van der Waals surface area (Å²) in [5.74, 6) is -0.459. The fourth-order valence-corrected chi connectivity index (χ4v) is 4.04. The van der Waals surface area contributed by atoms with E-state index in [0.717, 1.165) is 12.8 Å². The third-order valence-electron chi connectivity index (χ3n) is 5.69. The Labute approximate surface area is 172 Å². The molecule has 0 bridgehead atoms. The molecule has 0 aromatic heterocycles. The van der Waals surface area contributed by atoms with Crippen LogP contribution in [-0.2, 0) is 6.54 Å². The standard InChI is InChI=1S/C20H28BFN4O3/c1-20(12-27)8-16(10-25(11-20)18(28)23-2)26(15-5-6-15)19(29)24-9-13-3-4-14(21)7-17(13)22/h3-4,7,15-16,27H,5-6,8-12H2,1-2H3,(H,23,28)(H,24,29)/t16-,20+/m1/s1. The average molecular weight is 402 g/mol. The highest BCUT2D eigenvalue weighted by molar-refractivity contribution is 6.32. The molecule has 7 nitrogen and oxygen atoms in total. The second kappa shape index (κ2) is 8.61. The summed E-state index contributed by atoms with van der Waals surface area (Å²) in [7, 11) is 7.14. The molecule has 9 heteroatoms. The second-order valence-electron chi connectivity index (χ2n) is 8.41. The molecule has 0 unspecified atom stereocenters. The first-order valence-electron chi connectivity index (χ1n) is 9.94. The Morgan fingerprint density at radius 2 is 2.10 bits per heavy atom. The van der Waals surface area contributed by atoms with Gasteiger partial charge in [0.1, 0.15) is 13.7 Å². The Balaban J connectivity index is 1.73. The van der Waals surface area contributed by atoms with Gasteiger partial charge in [-0.15, -0.1) is 0 Å². The molecule has 1 saturated heterocycles. The highest BCUT2D eigenvalue weighted by atomic mass is 19.1. The molecule has 1 aliphatic heterocycles. The summed E-state index contributed by atoms with van der Waals surface area (Å²) in [6, 6.07) is 3.75. The Morgan fingerprint density at radius 3 is 2.69 bits per heavy atom. The SMILES string of the molecule is [B]c1ccc(CNC(=O)N(C2CC2)[C@H]2CN(C(=O)NC)C[C@@](C)(CO)C2)c(F)c1. The summed E-state index contributed by atoms with van der Waals surface area (Å²) in [4.78, 5) is 28.7. The van der Waals surface area contributed by atoms with Crippen LogP contribution in [0.4, 0.5) is 14.0 Å². The molecule has 2 fully saturated rings. The van der Waals surface area contributed by atoms with E-state index in [1.807, 2.05) is 6.92 Å². The van der Waals surface area contributed by atoms with Gasteiger partial charge in [-0.05, 0) is 25.3 Å². The molecule has 3 rings (SSSR count). The van der Waals surface area contributed by atoms with Crippen LogP contribution in [0.25, 0.3) is 0 Å². The number of halogens is 1. The van der Waals surface area contributed by atoms with Gasteiger partial charge in [-0.2, -0.15) is 0 Å². The van der Waals surface area contributed by atoms with Gasteiger partial charge >= 0.3 is 12.1 Å². The quantitative estimate of drug-likeness (QED) is 0.635. The molecular formula is C20H28BFN4O3. The number of amides is 4. The molecule has 2 aliphatic rings. The van der Waals surface area contributed by atoms with E-state index in [1.54, 1.807) is 29.0 Å². The predicted octanol–water partition coefficient (Wildman–Crippen LogP) is 0.706. The van der Waals surface area contributed by atoms with E-state index in [2.05, 4.69) is 10.6 Å². The van der Waals surface area contributed by atoms with Gasteiger partial charge in [-0.1, -0.05) is 24.5 Å². The number of aliphatic hydroxyl groups is 1. The molecule has 156 valence electrons. The maximum Gasteiger partial charge on any atom is 0.318 e. The zero-order valence-electron chi connectivity index (χ0n) is 16.9. The van der Waals surface area contributed by atoms with E-state index >= 15 is 0 Å². The number of nitrogens with one attached hydrogen (secondary N) is 2. The number of likely N-dealkylation sites (tertiary alicyclic amines) is 1. The summed E-state index contributed by atoms with van der Waals surface area (Å²) >= 11 is 0. The fraction of sp³-hybridized carbons (Fsp3) is 0.600. The largest absolute Gasteiger partial charge is 0.396 e. The van der Waals surface area contributed by atoms with Crippen LogP contribution < -0.4 is 16.1 Å². The number of carbonyl (C=O) groups excluding carboxylic acids is 2. The van der Waals surface area contributed by atoms with Crippen LogP contribution >= 0.6 is 0 Å². The molecule has 3 N–H and O–H groups in total. The van der Waals surface area contributed by atoms with Crippen molar-refractivity contribution in [3.05, 3.63) is 29.6 Å². The van der Waals surface area contributed by atoms with Crippen molar-refractivity contribution in [2.75, 3.05) is 26.7 Å². The van der Waals surface area contributed by atoms with Crippen LogP contribution in [0.3, 0.4) is 0 Å². The van der Waals surface area contributed by atoms with Crippen LogP contribution in [-0.4, -0.2) is 73.6 Å². The van der Waals surface area contributed by atoms with Crippen LogP contribution in [0.1, 0.15) is 31.7 Å². The van der Waals surface area contributed by atoms with Crippen molar-refractivity contribution in [3.8, 4) is 0 Å². The molecule has 1 aromatic carbocycles. The second-order valence-corrected chi connectivity index (χ2v) is 8.41. The summed E-state index contributed by atoms with van der Waals surface area (Å²) < 4.78 is 14.0. The topological polar surface area (TPSA) is 84.9 Å². The van der Waals surface area contributed by atoms with Gasteiger partial charge in [0.2, 0.25) is 0 Å². The predicted molar refractivity (Wildman–Crippen MR) is 109 cm³/mol. The number of hydrogen-bond acceptors (Lipinski definition) is 3. The molecule has 4 amide bonds. The Bertz CT molecular complexity index is 776. The number of piperidine rings is 1. The highest BCUT2D eigenvalue weighted by Crippen LogP contribution is 2.36. The first kappa shape index (κ1) is 21.4. The van der Waals surface area contributed by atoms with Crippen molar-refractivity contribution in [2.45, 2.75) is 44.8 Å². The first-order valence-corrected chi connectivity index (χ1v) is 9.94. The van der Waals surface area contributed by atoms with Crippen molar-refractivity contribution < 1.29 is 19.1 Å². The molecule has 1 aliphatic carbocycles. The van der Waals surface area contributed by atoms with Crippen molar-refractivity contribution in [2.24, 2.45) is 5.41 Å². The minimum Gasteiger partial charge on any atom is -0.396 e. The van der Waals surface area contributed by atoms with Crippen molar-refractivity contribution in [1.29, 1.82) is 0 Å². The maximum atomic E-state index is 14.0. The molecule has 1 aromatic rings. The van der Waals surface area contributed by atoms with Gasteiger partial charge in [0.25, 0.3) is 0 Å². The number of carbonyl (C=O) groups is 2. The molecule has 1 saturated carbocycles. The lowest BCUT2D eigenvalue weighted by molar-refractivity contribution is 0.0161. The van der Waals surface area contributed by atoms with Gasteiger partial charge in [0.05, 0.1) is 12.6 Å². The number of urea groups is 2. The minimum atomic E-state index is -0.494. The van der Waals surface area contributed by atoms with E-state index in [-0.39, 0.29) is 37.3 Å². The molecule has 2 radical (unpaired) electrons. The zero-order chi connectivity index (χ0) is 21.2. The van der Waals surface area contributed by atoms with Crippen molar-refractivity contribution in [3.63, 3.8) is 0 Å². The number of rotatable bonds is 5. The molecule has 29 heavy (non-hydrogen) atoms. The lowest BCUT2D eigenvalue weighted by atomic mass is 9.80. The number of aliphatic hydroxyl groups excluding tert-OH is 1. The molecule has 0 spiro atoms. The third-order valence-corrected chi connectivity index (χ3v) is 5.69. The normalized spacial score (nSPS) is 24.1. The van der Waals surface area contributed by atoms with E-state index in [1.165, 1.54) is 6.07 Å². The summed E-state index contributed by atoms with van der Waals surface area (Å²) in [5.41, 5.74) is 0.197. The fourth-order valence-electron chi connectivity index (χ4n) is 4.04. The Kier molecular flexibility index (Phi) is 6.36. The third kappa shape index (κ3) is 5.01. The zero-order valence-corrected chi connectivity index (χ0v) is 16.9. The van der Waals surface area contributed by atoms with Gasteiger partial charge < -0.3 is 25.5 Å². The van der Waals surface area contributed by atoms with E-state index in [4.69, 9.17) is 7.85 Å². The smallest absolute Gasteiger partial charge is 0.318 e. The summed E-state index contributed by atoms with van der Waals surface area (Å²) in [5, 5.41) is 15.3. The van der Waals surface area contributed by atoms with E-state index in [0.29, 0.717) is 30.5 Å². The number of hydrogen-bond donors (Lipinski definition) is 3. The lowest BCUT2D eigenvalue weighted by Crippen LogP contribution is -2.60. The summed E-state index contributed by atoms with van der Waals surface area (Å²) in [6.45, 7) is 2.72. The molecule has 1 heterocycles. The van der Waals surface area contributed by atoms with Crippen molar-refractivity contribution in [1.82, 2.24) is 20.4 Å². The van der Waals surface area contributed by atoms with E-state index < -0.39 is 11.2 Å². The van der Waals surface area contributed by atoms with Crippen LogP contribution in [0.15, 0.2) is 18.2 Å². The Morgan fingerprint density at radius 1 is 1.38 bits per heavy atom. The monoisotopic (exact) mass is 402 g/mol. The van der Waals surface area contributed by atoms with Gasteiger partial charge in [-0.3, -0.25) is 0 Å². The van der Waals surface area contributed by atoms with Gasteiger partial charge in [0.15, 0.2) is 0 Å². The van der Waals surface area contributed by atoms with Crippen LogP contribution in [0, 0.1) is 11.2 Å². The van der Waals surface area contributed by atoms with Gasteiger partial charge in [-0.25, -0.2) is 14.0 Å². The van der Waals surface area contributed by atoms with Crippen LogP contribution in [0.2, 0.25) is 0 Å². The Hall–Kier alpha value is -2.29.